The fourth-order valence-electron chi connectivity index (χ4n) is 9.67. The van der Waals surface area contributed by atoms with E-state index in [1.807, 2.05) is 128 Å². The third-order valence-electron chi connectivity index (χ3n) is 14.1. The van der Waals surface area contributed by atoms with E-state index < -0.39 is 11.2 Å². The molecule has 1 aliphatic rings. The summed E-state index contributed by atoms with van der Waals surface area (Å²) in [6.45, 7) is 3.71. The number of nitrogens with one attached hydrogen (secondary N) is 3. The SMILES string of the molecule is C[C@H](CC(=O)N1CCC(O)(Cn2cnc3c(-c4ccc(CNC(=O)CCCCCCNC(=O)c5cnc(N=Nc6c(-c7ccccc7)[nH]n(-c7nc(-c8ccccc8)cs7)c6=O)s5)cc4)n(C)nc3c2=O)CC1)c1ccccc1. The minimum atomic E-state index is -1.17. The molecule has 5 aromatic heterocycles. The number of H-pyrrole nitrogens is 1. The summed E-state index contributed by atoms with van der Waals surface area (Å²) in [4.78, 5) is 82.2. The van der Waals surface area contributed by atoms with Crippen LogP contribution in [0.2, 0.25) is 0 Å². The fourth-order valence-corrected chi connectivity index (χ4v) is 11.1. The molecule has 4 N–H and O–H groups in total. The van der Waals surface area contributed by atoms with Gasteiger partial charge in [0.2, 0.25) is 22.1 Å². The molecule has 0 spiro atoms. The molecule has 1 saturated heterocycles. The number of carbonyl (C=O) groups excluding carboxylic acids is 3. The van der Waals surface area contributed by atoms with Gasteiger partial charge < -0.3 is 20.6 Å². The summed E-state index contributed by atoms with van der Waals surface area (Å²) in [6, 6.07) is 36.7. The minimum Gasteiger partial charge on any atom is -0.388 e. The summed E-state index contributed by atoms with van der Waals surface area (Å²) in [7, 11) is 1.76. The van der Waals surface area contributed by atoms with Gasteiger partial charge in [0.25, 0.3) is 11.5 Å². The van der Waals surface area contributed by atoms with Crippen LogP contribution >= 0.6 is 22.7 Å². The Hall–Kier alpha value is -8.53. The lowest BCUT2D eigenvalue weighted by Crippen LogP contribution is -2.49. The highest BCUT2D eigenvalue weighted by atomic mass is 32.1. The number of thiazole rings is 2. The molecule has 0 unspecified atom stereocenters. The second-order valence-electron chi connectivity index (χ2n) is 19.8. The molecule has 0 aliphatic carbocycles. The number of aryl methyl sites for hydroxylation is 1. The van der Waals surface area contributed by atoms with Crippen molar-refractivity contribution in [3.05, 3.63) is 170 Å². The summed E-state index contributed by atoms with van der Waals surface area (Å²) >= 11 is 2.40. The van der Waals surface area contributed by atoms with Gasteiger partial charge in [0.05, 0.1) is 41.8 Å². The van der Waals surface area contributed by atoms with Crippen molar-refractivity contribution in [2.75, 3.05) is 19.6 Å². The van der Waals surface area contributed by atoms with E-state index in [1.54, 1.807) is 16.6 Å². The minimum absolute atomic E-state index is 0.0464. The van der Waals surface area contributed by atoms with Gasteiger partial charge in [-0.05, 0) is 42.7 Å². The van der Waals surface area contributed by atoms with E-state index in [0.717, 1.165) is 64.1 Å². The van der Waals surface area contributed by atoms with Crippen molar-refractivity contribution < 1.29 is 19.5 Å². The first-order valence-corrected chi connectivity index (χ1v) is 28.0. The molecule has 10 rings (SSSR count). The number of aromatic amines is 1. The number of azo groups is 1. The van der Waals surface area contributed by atoms with Gasteiger partial charge in [-0.25, -0.2) is 15.0 Å². The lowest BCUT2D eigenvalue weighted by molar-refractivity contribution is -0.136. The summed E-state index contributed by atoms with van der Waals surface area (Å²) in [6.07, 6.45) is 7.45. The van der Waals surface area contributed by atoms with Gasteiger partial charge in [-0.15, -0.1) is 21.6 Å². The molecule has 19 nitrogen and oxygen atoms in total. The van der Waals surface area contributed by atoms with Crippen molar-refractivity contribution >= 4 is 62.2 Å². The molecule has 404 valence electrons. The summed E-state index contributed by atoms with van der Waals surface area (Å²) in [5, 5.41) is 36.3. The van der Waals surface area contributed by atoms with Gasteiger partial charge in [0, 0.05) is 68.1 Å². The van der Waals surface area contributed by atoms with Crippen molar-refractivity contribution in [2.24, 2.45) is 17.3 Å². The van der Waals surface area contributed by atoms with Crippen molar-refractivity contribution in [1.29, 1.82) is 0 Å². The van der Waals surface area contributed by atoms with Crippen LogP contribution in [0.15, 0.2) is 153 Å². The zero-order valence-electron chi connectivity index (χ0n) is 43.7. The van der Waals surface area contributed by atoms with Gasteiger partial charge in [-0.1, -0.05) is 146 Å². The van der Waals surface area contributed by atoms with Crippen molar-refractivity contribution in [2.45, 2.75) is 82.9 Å². The summed E-state index contributed by atoms with van der Waals surface area (Å²) in [5.41, 5.74) is 5.19. The maximum absolute atomic E-state index is 13.8. The second-order valence-corrected chi connectivity index (χ2v) is 21.6. The number of unbranched alkanes of at least 4 members (excludes halogenated alkanes) is 3. The smallest absolute Gasteiger partial charge is 0.301 e. The molecule has 79 heavy (non-hydrogen) atoms. The average molecular weight is 1100 g/mol. The molecule has 0 radical (unpaired) electrons. The fraction of sp³-hybridized carbons (Fsp3) is 0.293. The van der Waals surface area contributed by atoms with Crippen molar-refractivity contribution in [1.82, 2.24) is 54.6 Å². The first-order valence-electron chi connectivity index (χ1n) is 26.3. The van der Waals surface area contributed by atoms with Gasteiger partial charge >= 0.3 is 5.56 Å². The van der Waals surface area contributed by atoms with E-state index in [2.05, 4.69) is 41.0 Å². The third kappa shape index (κ3) is 12.8. The standard InChI is InChI=1S/C58H59N13O6S2/c1-38(40-16-8-5-9-17-40)32-47(73)69-30-27-58(77,28-31-69)36-70-37-62-49-51(54(70)75)66-68(2)52(49)43-25-23-39(24-26-43)33-60-46(72)22-14-3-4-15-29-59-53(74)45-34-61-56(79-45)65-64-50-48(42-20-12-7-13-21-42)67-71(55(50)76)57-63-44(35-78-57)41-18-10-6-11-19-41/h5-13,16-21,23-26,34-35,37-38,67,77H,3-4,14-15,22,27-33,36H2,1-2H3,(H,59,74)(H,60,72)/t38-/m1/s1. The number of carbonyl (C=O) groups is 3. The highest BCUT2D eigenvalue weighted by molar-refractivity contribution is 7.17. The number of hydrogen-bond acceptors (Lipinski definition) is 14. The quantitative estimate of drug-likeness (QED) is 0.0392. The summed E-state index contributed by atoms with van der Waals surface area (Å²) < 4.78 is 4.41. The number of rotatable bonds is 21. The van der Waals surface area contributed by atoms with Crippen LogP contribution in [-0.2, 0) is 29.7 Å². The Morgan fingerprint density at radius 3 is 2.23 bits per heavy atom. The Morgan fingerprint density at radius 2 is 1.49 bits per heavy atom. The van der Waals surface area contributed by atoms with E-state index in [0.29, 0.717) is 85.2 Å². The van der Waals surface area contributed by atoms with Crippen LogP contribution in [-0.4, -0.2) is 92.0 Å². The van der Waals surface area contributed by atoms with Gasteiger partial charge in [0.1, 0.15) is 10.4 Å². The number of nitrogens with zero attached hydrogens (tertiary/aromatic N) is 10. The van der Waals surface area contributed by atoms with E-state index >= 15 is 0 Å². The molecule has 1 atom stereocenters. The predicted molar refractivity (Wildman–Crippen MR) is 305 cm³/mol. The number of hydrogen-bond donors (Lipinski definition) is 4. The van der Waals surface area contributed by atoms with Gasteiger partial charge in [0.15, 0.2) is 11.2 Å². The molecular weight excluding hydrogens is 1040 g/mol. The zero-order chi connectivity index (χ0) is 54.9. The Kier molecular flexibility index (Phi) is 16.7. The molecule has 21 heteroatoms. The molecule has 0 bridgehead atoms. The third-order valence-corrected chi connectivity index (χ3v) is 15.8. The molecular formula is C58H59N13O6S2. The first kappa shape index (κ1) is 53.9. The Bertz CT molecular complexity index is 3730. The van der Waals surface area contributed by atoms with E-state index in [1.165, 1.54) is 33.1 Å². The molecule has 1 fully saturated rings. The molecule has 0 saturated carbocycles. The Morgan fingerprint density at radius 1 is 0.797 bits per heavy atom. The number of amides is 3. The lowest BCUT2D eigenvalue weighted by Gasteiger charge is -2.38. The molecule has 6 heterocycles. The maximum Gasteiger partial charge on any atom is 0.301 e. The average Bonchev–Trinajstić information content (AvgIpc) is 4.44. The maximum atomic E-state index is 13.8. The topological polar surface area (TPSA) is 240 Å². The Balaban J connectivity index is 0.643. The predicted octanol–water partition coefficient (Wildman–Crippen LogP) is 9.48. The lowest BCUT2D eigenvalue weighted by atomic mass is 9.90. The van der Waals surface area contributed by atoms with E-state index in [9.17, 15) is 29.1 Å². The number of aliphatic hydroxyl groups is 1. The molecule has 4 aromatic carbocycles. The monoisotopic (exact) mass is 1100 g/mol. The van der Waals surface area contributed by atoms with Crippen LogP contribution in [0.3, 0.4) is 0 Å². The number of fused-ring (bicyclic) bond motifs is 1. The van der Waals surface area contributed by atoms with Crippen molar-refractivity contribution in [3.63, 3.8) is 0 Å². The Labute approximate surface area is 462 Å². The van der Waals surface area contributed by atoms with Gasteiger partial charge in [-0.2, -0.15) is 9.78 Å². The molecule has 3 amide bonds. The highest BCUT2D eigenvalue weighted by Crippen LogP contribution is 2.32. The number of piperidine rings is 1. The number of likely N-dealkylation sites (tertiary alicyclic amines) is 1. The molecule has 1 aliphatic heterocycles. The summed E-state index contributed by atoms with van der Waals surface area (Å²) in [5.74, 6) is -0.194. The number of benzene rings is 4. The van der Waals surface area contributed by atoms with E-state index in [4.69, 9.17) is 4.98 Å². The van der Waals surface area contributed by atoms with Crippen LogP contribution in [0.25, 0.3) is 49.9 Å². The number of aromatic nitrogens is 8. The van der Waals surface area contributed by atoms with Crippen LogP contribution in [0.1, 0.15) is 85.0 Å². The first-order chi connectivity index (χ1) is 38.4. The van der Waals surface area contributed by atoms with E-state index in [-0.39, 0.29) is 52.1 Å². The highest BCUT2D eigenvalue weighted by Gasteiger charge is 2.35. The molecule has 9 aromatic rings. The van der Waals surface area contributed by atoms with Crippen LogP contribution in [0.4, 0.5) is 10.8 Å². The second kappa shape index (κ2) is 24.4. The normalized spacial score (nSPS) is 13.7. The van der Waals surface area contributed by atoms with Crippen molar-refractivity contribution in [3.8, 4) is 38.9 Å². The van der Waals surface area contributed by atoms with Crippen LogP contribution in [0, 0.1) is 0 Å². The van der Waals surface area contributed by atoms with Crippen LogP contribution < -0.4 is 21.8 Å². The van der Waals surface area contributed by atoms with Gasteiger partial charge in [-0.3, -0.25) is 38.3 Å². The zero-order valence-corrected chi connectivity index (χ0v) is 45.4. The van der Waals surface area contributed by atoms with Crippen LogP contribution in [0.5, 0.6) is 0 Å². The largest absolute Gasteiger partial charge is 0.388 e.